The highest BCUT2D eigenvalue weighted by atomic mass is 16.5. The van der Waals surface area contributed by atoms with Crippen LogP contribution in [0, 0.1) is 11.3 Å². The van der Waals surface area contributed by atoms with E-state index in [0.717, 1.165) is 29.5 Å². The highest BCUT2D eigenvalue weighted by molar-refractivity contribution is 5.78. The molecule has 31 heavy (non-hydrogen) atoms. The van der Waals surface area contributed by atoms with Crippen molar-refractivity contribution in [2.75, 3.05) is 6.54 Å². The van der Waals surface area contributed by atoms with E-state index in [1.807, 2.05) is 32.0 Å². The summed E-state index contributed by atoms with van der Waals surface area (Å²) in [5, 5.41) is 16.6. The molecule has 1 amide bonds. The van der Waals surface area contributed by atoms with Crippen LogP contribution in [-0.4, -0.2) is 28.7 Å². The molecule has 0 fully saturated rings. The quantitative estimate of drug-likeness (QED) is 0.631. The standard InChI is InChI=1S/C23H23N5O3/c1-13(2)30-20-9-6-14(10-15(20)11-24)23-27-22(28-31-23)18-5-3-4-17-16(18)7-8-19(17)26-21(29)12-25/h3-6,9-10,13,19H,7-8,12,25H2,1-2H3,(H,26,29). The molecule has 1 aliphatic carbocycles. The summed E-state index contributed by atoms with van der Waals surface area (Å²) >= 11 is 0. The number of ether oxygens (including phenoxy) is 1. The second-order valence-corrected chi connectivity index (χ2v) is 7.65. The summed E-state index contributed by atoms with van der Waals surface area (Å²) in [5.41, 5.74) is 9.50. The first kappa shape index (κ1) is 20.6. The highest BCUT2D eigenvalue weighted by Crippen LogP contribution is 2.37. The Morgan fingerprint density at radius 2 is 2.23 bits per heavy atom. The molecule has 0 radical (unpaired) electrons. The van der Waals surface area contributed by atoms with Crippen molar-refractivity contribution in [1.82, 2.24) is 15.5 Å². The first-order valence-corrected chi connectivity index (χ1v) is 10.2. The predicted molar refractivity (Wildman–Crippen MR) is 114 cm³/mol. The maximum Gasteiger partial charge on any atom is 0.258 e. The topological polar surface area (TPSA) is 127 Å². The average molecular weight is 417 g/mol. The number of carbonyl (C=O) groups excluding carboxylic acids is 1. The Balaban J connectivity index is 1.64. The summed E-state index contributed by atoms with van der Waals surface area (Å²) < 4.78 is 11.2. The number of nitrogens with one attached hydrogen (secondary N) is 1. The van der Waals surface area contributed by atoms with Gasteiger partial charge in [0.1, 0.15) is 11.8 Å². The van der Waals surface area contributed by atoms with E-state index in [1.54, 1.807) is 18.2 Å². The molecule has 0 saturated carbocycles. The maximum absolute atomic E-state index is 11.7. The number of nitrogens with zero attached hydrogens (tertiary/aromatic N) is 3. The SMILES string of the molecule is CC(C)Oc1ccc(-c2nc(-c3cccc4c3CCC4NC(=O)CN)no2)cc1C#N. The fourth-order valence-corrected chi connectivity index (χ4v) is 3.82. The summed E-state index contributed by atoms with van der Waals surface area (Å²) in [7, 11) is 0. The average Bonchev–Trinajstić information content (AvgIpc) is 3.41. The van der Waals surface area contributed by atoms with Crippen LogP contribution in [-0.2, 0) is 11.2 Å². The normalized spacial score (nSPS) is 14.9. The van der Waals surface area contributed by atoms with Gasteiger partial charge in [0.15, 0.2) is 0 Å². The summed E-state index contributed by atoms with van der Waals surface area (Å²) in [5.74, 6) is 1.14. The largest absolute Gasteiger partial charge is 0.490 e. The van der Waals surface area contributed by atoms with E-state index < -0.39 is 0 Å². The number of amides is 1. The zero-order valence-electron chi connectivity index (χ0n) is 17.4. The third-order valence-electron chi connectivity index (χ3n) is 5.17. The van der Waals surface area contributed by atoms with Gasteiger partial charge in [0, 0.05) is 11.1 Å². The van der Waals surface area contributed by atoms with Crippen molar-refractivity contribution in [3.63, 3.8) is 0 Å². The lowest BCUT2D eigenvalue weighted by atomic mass is 10.0. The molecular weight excluding hydrogens is 394 g/mol. The van der Waals surface area contributed by atoms with E-state index in [-0.39, 0.29) is 24.6 Å². The Bertz CT molecular complexity index is 1160. The Hall–Kier alpha value is -3.70. The third kappa shape index (κ3) is 4.13. The minimum atomic E-state index is -0.178. The third-order valence-corrected chi connectivity index (χ3v) is 5.17. The van der Waals surface area contributed by atoms with Crippen molar-refractivity contribution in [2.45, 2.75) is 38.8 Å². The number of aromatic nitrogens is 2. The lowest BCUT2D eigenvalue weighted by Gasteiger charge is -2.13. The first-order chi connectivity index (χ1) is 15.0. The number of hydrogen-bond donors (Lipinski definition) is 2. The van der Waals surface area contributed by atoms with E-state index in [2.05, 4.69) is 21.5 Å². The number of nitriles is 1. The van der Waals surface area contributed by atoms with Crippen LogP contribution in [0.3, 0.4) is 0 Å². The minimum Gasteiger partial charge on any atom is -0.490 e. The summed E-state index contributed by atoms with van der Waals surface area (Å²) in [6.45, 7) is 3.78. The van der Waals surface area contributed by atoms with Crippen molar-refractivity contribution < 1.29 is 14.1 Å². The molecule has 8 nitrogen and oxygen atoms in total. The van der Waals surface area contributed by atoms with E-state index in [1.165, 1.54) is 0 Å². The zero-order valence-corrected chi connectivity index (χ0v) is 17.4. The van der Waals surface area contributed by atoms with Gasteiger partial charge >= 0.3 is 0 Å². The fraction of sp³-hybridized carbons (Fsp3) is 0.304. The van der Waals surface area contributed by atoms with Gasteiger partial charge in [0.05, 0.1) is 24.3 Å². The number of benzene rings is 2. The lowest BCUT2D eigenvalue weighted by Crippen LogP contribution is -2.32. The van der Waals surface area contributed by atoms with Gasteiger partial charge in [-0.05, 0) is 56.0 Å². The molecule has 2 aromatic carbocycles. The molecule has 1 atom stereocenters. The molecule has 8 heteroatoms. The smallest absolute Gasteiger partial charge is 0.258 e. The molecule has 3 N–H and O–H groups in total. The van der Waals surface area contributed by atoms with Crippen LogP contribution in [0.1, 0.15) is 43.0 Å². The second-order valence-electron chi connectivity index (χ2n) is 7.65. The molecule has 0 bridgehead atoms. The molecule has 158 valence electrons. The van der Waals surface area contributed by atoms with Gasteiger partial charge in [-0.1, -0.05) is 23.4 Å². The summed E-state index contributed by atoms with van der Waals surface area (Å²) in [6, 6.07) is 13.2. The monoisotopic (exact) mass is 417 g/mol. The van der Waals surface area contributed by atoms with Gasteiger partial charge in [-0.15, -0.1) is 0 Å². The number of hydrogen-bond acceptors (Lipinski definition) is 7. The first-order valence-electron chi connectivity index (χ1n) is 10.2. The molecule has 0 aliphatic heterocycles. The number of nitrogens with two attached hydrogens (primary N) is 1. The lowest BCUT2D eigenvalue weighted by molar-refractivity contribution is -0.120. The van der Waals surface area contributed by atoms with Gasteiger partial charge < -0.3 is 20.3 Å². The van der Waals surface area contributed by atoms with Crippen LogP contribution < -0.4 is 15.8 Å². The van der Waals surface area contributed by atoms with Gasteiger partial charge in [0.25, 0.3) is 5.89 Å². The van der Waals surface area contributed by atoms with E-state index in [9.17, 15) is 10.1 Å². The summed E-state index contributed by atoms with van der Waals surface area (Å²) in [4.78, 5) is 16.3. The van der Waals surface area contributed by atoms with Gasteiger partial charge in [0.2, 0.25) is 11.7 Å². The van der Waals surface area contributed by atoms with Gasteiger partial charge in [-0.2, -0.15) is 10.2 Å². The molecule has 1 unspecified atom stereocenters. The Morgan fingerprint density at radius 1 is 1.39 bits per heavy atom. The maximum atomic E-state index is 11.7. The van der Waals surface area contributed by atoms with Crippen LogP contribution in [0.5, 0.6) is 5.75 Å². The van der Waals surface area contributed by atoms with E-state index in [4.69, 9.17) is 15.0 Å². The van der Waals surface area contributed by atoms with Crippen molar-refractivity contribution in [3.8, 4) is 34.7 Å². The molecule has 3 aromatic rings. The molecule has 4 rings (SSSR count). The molecule has 1 heterocycles. The van der Waals surface area contributed by atoms with E-state index >= 15 is 0 Å². The number of carbonyl (C=O) groups is 1. The minimum absolute atomic E-state index is 0.0356. The van der Waals surface area contributed by atoms with Crippen LogP contribution in [0.25, 0.3) is 22.8 Å². The second kappa shape index (κ2) is 8.58. The molecule has 0 spiro atoms. The fourth-order valence-electron chi connectivity index (χ4n) is 3.82. The van der Waals surface area contributed by atoms with Gasteiger partial charge in [-0.25, -0.2) is 0 Å². The predicted octanol–water partition coefficient (Wildman–Crippen LogP) is 3.12. The number of fused-ring (bicyclic) bond motifs is 1. The van der Waals surface area contributed by atoms with Crippen molar-refractivity contribution in [1.29, 1.82) is 5.26 Å². The highest BCUT2D eigenvalue weighted by Gasteiger charge is 2.27. The Labute approximate surface area is 180 Å². The number of rotatable bonds is 6. The Kier molecular flexibility index (Phi) is 5.69. The van der Waals surface area contributed by atoms with Crippen molar-refractivity contribution in [2.24, 2.45) is 5.73 Å². The van der Waals surface area contributed by atoms with Crippen molar-refractivity contribution in [3.05, 3.63) is 53.1 Å². The van der Waals surface area contributed by atoms with E-state index in [0.29, 0.717) is 28.6 Å². The zero-order chi connectivity index (χ0) is 22.0. The molecule has 1 aromatic heterocycles. The van der Waals surface area contributed by atoms with Gasteiger partial charge in [-0.3, -0.25) is 4.79 Å². The van der Waals surface area contributed by atoms with Crippen LogP contribution in [0.15, 0.2) is 40.9 Å². The van der Waals surface area contributed by atoms with Crippen LogP contribution >= 0.6 is 0 Å². The molecular formula is C23H23N5O3. The van der Waals surface area contributed by atoms with Crippen molar-refractivity contribution >= 4 is 5.91 Å². The summed E-state index contributed by atoms with van der Waals surface area (Å²) in [6.07, 6.45) is 1.56. The van der Waals surface area contributed by atoms with Crippen LogP contribution in [0.4, 0.5) is 0 Å². The van der Waals surface area contributed by atoms with Crippen LogP contribution in [0.2, 0.25) is 0 Å². The molecule has 1 aliphatic rings. The Morgan fingerprint density at radius 3 is 2.97 bits per heavy atom. The molecule has 0 saturated heterocycles.